The third-order valence-corrected chi connectivity index (χ3v) is 5.32. The third-order valence-electron chi connectivity index (χ3n) is 5.32. The van der Waals surface area contributed by atoms with E-state index in [1.165, 1.54) is 5.69 Å². The molecule has 1 aromatic heterocycles. The maximum atomic E-state index is 12.0. The van der Waals surface area contributed by atoms with Crippen molar-refractivity contribution in [1.29, 1.82) is 0 Å². The largest absolute Gasteiger partial charge is 0.399 e. The Morgan fingerprint density at radius 1 is 1.04 bits per heavy atom. The minimum absolute atomic E-state index is 0.195. The number of hydrogen-bond donors (Lipinski definition) is 3. The summed E-state index contributed by atoms with van der Waals surface area (Å²) < 4.78 is 0. The summed E-state index contributed by atoms with van der Waals surface area (Å²) >= 11 is 0. The second-order valence-corrected chi connectivity index (χ2v) is 7.14. The average molecular weight is 375 g/mol. The number of piperazine rings is 1. The minimum atomic E-state index is -0.195. The summed E-state index contributed by atoms with van der Waals surface area (Å²) in [7, 11) is 0. The van der Waals surface area contributed by atoms with Crippen molar-refractivity contribution in [3.8, 4) is 0 Å². The van der Waals surface area contributed by atoms with Crippen LogP contribution in [0.1, 0.15) is 0 Å². The molecule has 2 aliphatic heterocycles. The predicted molar refractivity (Wildman–Crippen MR) is 113 cm³/mol. The third kappa shape index (κ3) is 2.97. The number of aromatic nitrogens is 2. The van der Waals surface area contributed by atoms with Crippen molar-refractivity contribution < 1.29 is 0 Å². The first-order valence-corrected chi connectivity index (χ1v) is 9.36. The maximum Gasteiger partial charge on any atom is 0.272 e. The Hall–Kier alpha value is -3.39. The van der Waals surface area contributed by atoms with Gasteiger partial charge in [-0.05, 0) is 36.4 Å². The van der Waals surface area contributed by atoms with Crippen LogP contribution in [0.4, 0.5) is 22.9 Å². The molecule has 2 aliphatic rings. The molecular weight excluding hydrogens is 354 g/mol. The lowest BCUT2D eigenvalue weighted by Crippen LogP contribution is -2.48. The molecule has 3 aromatic rings. The molecule has 1 saturated heterocycles. The molecule has 4 N–H and O–H groups in total. The number of nitrogens with zero attached hydrogens (tertiary/aromatic N) is 4. The quantitative estimate of drug-likeness (QED) is 0.603. The van der Waals surface area contributed by atoms with Crippen LogP contribution in [0.5, 0.6) is 0 Å². The summed E-state index contributed by atoms with van der Waals surface area (Å²) in [5.74, 6) is 1.42. The van der Waals surface area contributed by atoms with Gasteiger partial charge in [0.15, 0.2) is 5.82 Å². The van der Waals surface area contributed by atoms with Gasteiger partial charge < -0.3 is 16.0 Å². The van der Waals surface area contributed by atoms with Crippen molar-refractivity contribution in [1.82, 2.24) is 15.1 Å². The van der Waals surface area contributed by atoms with Crippen LogP contribution in [0.25, 0.3) is 10.8 Å². The number of amidine groups is 1. The standard InChI is InChI=1S/C20H21N7O/c21-13-4-6-14(7-5-13)27-10-8-26(9-11-27)12-17-22-16-3-1-2-15-18(16)19(23-17)24-25-20(15)28/h1-7H,8-12,21H2,(H,25,28)(H,22,23,24). The van der Waals surface area contributed by atoms with Crippen molar-refractivity contribution in [3.05, 3.63) is 52.8 Å². The molecule has 8 heteroatoms. The fraction of sp³-hybridized carbons (Fsp3) is 0.250. The van der Waals surface area contributed by atoms with Crippen LogP contribution in [0.2, 0.25) is 0 Å². The lowest BCUT2D eigenvalue weighted by molar-refractivity contribution is 0.291. The Bertz CT molecular complexity index is 1110. The Morgan fingerprint density at radius 3 is 2.61 bits per heavy atom. The van der Waals surface area contributed by atoms with Gasteiger partial charge in [0.1, 0.15) is 5.84 Å². The molecular formula is C20H21N7O. The zero-order chi connectivity index (χ0) is 19.1. The van der Waals surface area contributed by atoms with Crippen molar-refractivity contribution in [2.24, 2.45) is 4.99 Å². The second-order valence-electron chi connectivity index (χ2n) is 7.14. The minimum Gasteiger partial charge on any atom is -0.399 e. The van der Waals surface area contributed by atoms with E-state index in [1.54, 1.807) is 6.07 Å². The smallest absolute Gasteiger partial charge is 0.272 e. The summed E-state index contributed by atoms with van der Waals surface area (Å²) in [6, 6.07) is 13.7. The van der Waals surface area contributed by atoms with Gasteiger partial charge in [-0.3, -0.25) is 9.69 Å². The molecule has 0 amide bonds. The number of nitrogens with two attached hydrogens (primary N) is 1. The highest BCUT2D eigenvalue weighted by Crippen LogP contribution is 2.31. The molecule has 0 radical (unpaired) electrons. The van der Waals surface area contributed by atoms with Crippen LogP contribution in [0, 0.1) is 0 Å². The Kier molecular flexibility index (Phi) is 3.98. The van der Waals surface area contributed by atoms with Gasteiger partial charge in [-0.15, -0.1) is 0 Å². The van der Waals surface area contributed by atoms with Crippen molar-refractivity contribution in [2.45, 2.75) is 0 Å². The van der Waals surface area contributed by atoms with Gasteiger partial charge in [0, 0.05) is 37.6 Å². The SMILES string of the molecule is Nc1ccc(N2CCN(CC3=Nc4n[nH]c(=O)c5cccc(c45)N3)CC2)cc1. The summed E-state index contributed by atoms with van der Waals surface area (Å²) in [4.78, 5) is 21.4. The zero-order valence-electron chi connectivity index (χ0n) is 15.4. The van der Waals surface area contributed by atoms with E-state index < -0.39 is 0 Å². The van der Waals surface area contributed by atoms with Crippen LogP contribution in [0.3, 0.4) is 0 Å². The van der Waals surface area contributed by atoms with Crippen molar-refractivity contribution in [2.75, 3.05) is 48.7 Å². The number of rotatable bonds is 3. The summed E-state index contributed by atoms with van der Waals surface area (Å²) in [5.41, 5.74) is 8.46. The number of anilines is 3. The fourth-order valence-electron chi connectivity index (χ4n) is 3.83. The monoisotopic (exact) mass is 375 g/mol. The molecule has 0 spiro atoms. The van der Waals surface area contributed by atoms with E-state index in [9.17, 15) is 4.79 Å². The molecule has 142 valence electrons. The number of nitrogen functional groups attached to an aromatic ring is 1. The summed E-state index contributed by atoms with van der Waals surface area (Å²) in [6.45, 7) is 4.51. The first kappa shape index (κ1) is 16.8. The molecule has 2 aromatic carbocycles. The molecule has 0 aliphatic carbocycles. The molecule has 3 heterocycles. The highest BCUT2D eigenvalue weighted by Gasteiger charge is 2.22. The van der Waals surface area contributed by atoms with E-state index in [2.05, 4.69) is 42.4 Å². The van der Waals surface area contributed by atoms with Crippen LogP contribution >= 0.6 is 0 Å². The van der Waals surface area contributed by atoms with E-state index in [0.29, 0.717) is 17.7 Å². The van der Waals surface area contributed by atoms with Crippen LogP contribution in [0.15, 0.2) is 52.3 Å². The molecule has 1 fully saturated rings. The summed E-state index contributed by atoms with van der Waals surface area (Å²) in [5, 5.41) is 11.4. The van der Waals surface area contributed by atoms with Gasteiger partial charge in [-0.25, -0.2) is 10.1 Å². The van der Waals surface area contributed by atoms with Crippen molar-refractivity contribution in [3.63, 3.8) is 0 Å². The molecule has 5 rings (SSSR count). The van der Waals surface area contributed by atoms with E-state index in [-0.39, 0.29) is 5.56 Å². The van der Waals surface area contributed by atoms with Crippen molar-refractivity contribution >= 4 is 39.5 Å². The lowest BCUT2D eigenvalue weighted by Gasteiger charge is -2.36. The van der Waals surface area contributed by atoms with E-state index in [1.807, 2.05) is 24.3 Å². The number of benzene rings is 2. The summed E-state index contributed by atoms with van der Waals surface area (Å²) in [6.07, 6.45) is 0. The fourth-order valence-corrected chi connectivity index (χ4v) is 3.83. The first-order valence-electron chi connectivity index (χ1n) is 9.36. The Balaban J connectivity index is 1.30. The maximum absolute atomic E-state index is 12.0. The average Bonchev–Trinajstić information content (AvgIpc) is 2.72. The van der Waals surface area contributed by atoms with Gasteiger partial charge >= 0.3 is 0 Å². The number of aromatic amines is 1. The molecule has 0 atom stereocenters. The van der Waals surface area contributed by atoms with E-state index in [0.717, 1.165) is 48.8 Å². The highest BCUT2D eigenvalue weighted by molar-refractivity contribution is 6.12. The lowest BCUT2D eigenvalue weighted by atomic mass is 10.1. The number of nitrogens with one attached hydrogen (secondary N) is 2. The van der Waals surface area contributed by atoms with Crippen LogP contribution in [-0.2, 0) is 0 Å². The normalized spacial score (nSPS) is 16.7. The van der Waals surface area contributed by atoms with E-state index in [4.69, 9.17) is 5.73 Å². The van der Waals surface area contributed by atoms with Gasteiger partial charge in [0.05, 0.1) is 23.0 Å². The second kappa shape index (κ2) is 6.65. The van der Waals surface area contributed by atoms with Gasteiger partial charge in [-0.1, -0.05) is 6.07 Å². The van der Waals surface area contributed by atoms with E-state index >= 15 is 0 Å². The Labute approximate surface area is 161 Å². The van der Waals surface area contributed by atoms with Gasteiger partial charge in [-0.2, -0.15) is 5.10 Å². The number of hydrogen-bond acceptors (Lipinski definition) is 7. The van der Waals surface area contributed by atoms with Gasteiger partial charge in [0.25, 0.3) is 5.56 Å². The Morgan fingerprint density at radius 2 is 1.82 bits per heavy atom. The molecule has 0 saturated carbocycles. The number of aliphatic imine (C=N–C) groups is 1. The number of H-pyrrole nitrogens is 1. The molecule has 28 heavy (non-hydrogen) atoms. The molecule has 0 bridgehead atoms. The molecule has 0 unspecified atom stereocenters. The van der Waals surface area contributed by atoms with Crippen LogP contribution in [-0.4, -0.2) is 53.7 Å². The zero-order valence-corrected chi connectivity index (χ0v) is 15.4. The predicted octanol–water partition coefficient (Wildman–Crippen LogP) is 1.78. The molecule has 8 nitrogen and oxygen atoms in total. The van der Waals surface area contributed by atoms with Crippen LogP contribution < -0.4 is 21.5 Å². The highest BCUT2D eigenvalue weighted by atomic mass is 16.1. The first-order chi connectivity index (χ1) is 13.7. The topological polar surface area (TPSA) is 103 Å². The van der Waals surface area contributed by atoms with Gasteiger partial charge in [0.2, 0.25) is 0 Å².